The number of nitrogens with zero attached hydrogens (tertiary/aromatic N) is 2. The van der Waals surface area contributed by atoms with Gasteiger partial charge in [0.1, 0.15) is 10.9 Å². The number of sulfonamides is 1. The van der Waals surface area contributed by atoms with Gasteiger partial charge in [0, 0.05) is 31.2 Å². The van der Waals surface area contributed by atoms with Crippen molar-refractivity contribution in [3.05, 3.63) is 136 Å². The van der Waals surface area contributed by atoms with E-state index < -0.39 is 16.1 Å². The van der Waals surface area contributed by atoms with E-state index in [9.17, 15) is 13.2 Å². The molecule has 0 aliphatic carbocycles. The highest BCUT2D eigenvalue weighted by atomic mass is 35.5. The summed E-state index contributed by atoms with van der Waals surface area (Å²) in [7, 11) is -4.14. The maximum absolute atomic E-state index is 13.9. The lowest BCUT2D eigenvalue weighted by Crippen LogP contribution is -2.56. The molecule has 1 amide bonds. The van der Waals surface area contributed by atoms with Gasteiger partial charge in [-0.3, -0.25) is 9.69 Å². The average molecular weight is 609 g/mol. The Balaban J connectivity index is 1.36. The SMILES string of the molecule is O=C([C@@H](Cc1ccccc1)NS(=O)(=O)c1cc(Cl)ccc1Cl)N1CCN(C(c2ccccc2)c2ccccc2)CC1. The van der Waals surface area contributed by atoms with Crippen LogP contribution < -0.4 is 4.72 Å². The molecular formula is C32H31Cl2N3O3S. The summed E-state index contributed by atoms with van der Waals surface area (Å²) in [5, 5.41) is 0.275. The number of piperazine rings is 1. The fourth-order valence-corrected chi connectivity index (χ4v) is 7.22. The van der Waals surface area contributed by atoms with Crippen LogP contribution in [0.4, 0.5) is 0 Å². The van der Waals surface area contributed by atoms with E-state index in [0.29, 0.717) is 26.2 Å². The Bertz CT molecular complexity index is 1520. The minimum absolute atomic E-state index is 0.0364. The van der Waals surface area contributed by atoms with Crippen molar-refractivity contribution < 1.29 is 13.2 Å². The summed E-state index contributed by atoms with van der Waals surface area (Å²) in [6, 6.07) is 33.3. The minimum Gasteiger partial charge on any atom is -0.339 e. The zero-order valence-corrected chi connectivity index (χ0v) is 24.7. The quantitative estimate of drug-likeness (QED) is 0.260. The Labute approximate surface area is 251 Å². The van der Waals surface area contributed by atoms with Gasteiger partial charge in [0.2, 0.25) is 15.9 Å². The molecular weight excluding hydrogens is 577 g/mol. The molecule has 0 aromatic heterocycles. The second-order valence-electron chi connectivity index (χ2n) is 10.0. The van der Waals surface area contributed by atoms with Crippen LogP contribution in [0.5, 0.6) is 0 Å². The van der Waals surface area contributed by atoms with Crippen LogP contribution in [0, 0.1) is 0 Å². The van der Waals surface area contributed by atoms with E-state index in [0.717, 1.165) is 5.56 Å². The third-order valence-electron chi connectivity index (χ3n) is 7.28. The molecule has 0 bridgehead atoms. The minimum atomic E-state index is -4.14. The predicted octanol–water partition coefficient (Wildman–Crippen LogP) is 5.82. The van der Waals surface area contributed by atoms with Gasteiger partial charge in [-0.05, 0) is 41.3 Å². The largest absolute Gasteiger partial charge is 0.339 e. The number of halogens is 2. The molecule has 4 aromatic carbocycles. The standard InChI is InChI=1S/C32H31Cl2N3O3S/c33-27-16-17-28(34)30(23-27)41(39,40)35-29(22-24-10-4-1-5-11-24)32(38)37-20-18-36(19-21-37)31(25-12-6-2-7-13-25)26-14-8-3-9-15-26/h1-17,23,29,31,35H,18-22H2/t29-/m1/s1. The van der Waals surface area contributed by atoms with E-state index in [1.807, 2.05) is 66.7 Å². The smallest absolute Gasteiger partial charge is 0.242 e. The maximum atomic E-state index is 13.9. The Morgan fingerprint density at radius 1 is 0.756 bits per heavy atom. The zero-order chi connectivity index (χ0) is 28.8. The van der Waals surface area contributed by atoms with Crippen molar-refractivity contribution in [1.82, 2.24) is 14.5 Å². The highest BCUT2D eigenvalue weighted by Gasteiger charge is 2.34. The van der Waals surface area contributed by atoms with Crippen LogP contribution >= 0.6 is 23.2 Å². The number of nitrogens with one attached hydrogen (secondary N) is 1. The summed E-state index contributed by atoms with van der Waals surface area (Å²) in [6.45, 7) is 2.23. The summed E-state index contributed by atoms with van der Waals surface area (Å²) >= 11 is 12.3. The van der Waals surface area contributed by atoms with Crippen molar-refractivity contribution in [3.8, 4) is 0 Å². The number of amides is 1. The molecule has 0 unspecified atom stereocenters. The van der Waals surface area contributed by atoms with Crippen molar-refractivity contribution in [2.24, 2.45) is 0 Å². The maximum Gasteiger partial charge on any atom is 0.242 e. The van der Waals surface area contributed by atoms with Crippen LogP contribution in [0.2, 0.25) is 10.0 Å². The Morgan fingerprint density at radius 2 is 1.29 bits per heavy atom. The van der Waals surface area contributed by atoms with Crippen LogP contribution in [0.15, 0.2) is 114 Å². The molecule has 1 atom stereocenters. The van der Waals surface area contributed by atoms with Gasteiger partial charge in [0.25, 0.3) is 0 Å². The predicted molar refractivity (Wildman–Crippen MR) is 164 cm³/mol. The summed E-state index contributed by atoms with van der Waals surface area (Å²) in [6.07, 6.45) is 0.202. The van der Waals surface area contributed by atoms with Gasteiger partial charge >= 0.3 is 0 Å². The molecule has 1 saturated heterocycles. The van der Waals surface area contributed by atoms with E-state index in [1.165, 1.54) is 29.3 Å². The fraction of sp³-hybridized carbons (Fsp3) is 0.219. The summed E-state index contributed by atoms with van der Waals surface area (Å²) in [5.74, 6) is -0.272. The first-order valence-electron chi connectivity index (χ1n) is 13.5. The third-order valence-corrected chi connectivity index (χ3v) is 9.47. The van der Waals surface area contributed by atoms with Crippen molar-refractivity contribution >= 4 is 39.1 Å². The lowest BCUT2D eigenvalue weighted by Gasteiger charge is -2.40. The molecule has 0 radical (unpaired) electrons. The lowest BCUT2D eigenvalue weighted by molar-refractivity contribution is -0.135. The molecule has 41 heavy (non-hydrogen) atoms. The number of benzene rings is 4. The first-order valence-corrected chi connectivity index (χ1v) is 15.7. The molecule has 1 fully saturated rings. The van der Waals surface area contributed by atoms with Crippen molar-refractivity contribution in [1.29, 1.82) is 0 Å². The zero-order valence-electron chi connectivity index (χ0n) is 22.4. The summed E-state index contributed by atoms with van der Waals surface area (Å²) in [5.41, 5.74) is 3.22. The molecule has 0 saturated carbocycles. The highest BCUT2D eigenvalue weighted by Crippen LogP contribution is 2.30. The van der Waals surface area contributed by atoms with E-state index in [1.54, 1.807) is 4.90 Å². The van der Waals surface area contributed by atoms with Crippen LogP contribution in [-0.4, -0.2) is 56.3 Å². The van der Waals surface area contributed by atoms with Gasteiger partial charge in [0.05, 0.1) is 11.1 Å². The Hall–Kier alpha value is -3.20. The van der Waals surface area contributed by atoms with Crippen molar-refractivity contribution in [2.45, 2.75) is 23.4 Å². The Morgan fingerprint density at radius 3 is 1.85 bits per heavy atom. The molecule has 5 rings (SSSR count). The lowest BCUT2D eigenvalue weighted by atomic mass is 9.96. The van der Waals surface area contributed by atoms with Crippen LogP contribution in [0.3, 0.4) is 0 Å². The van der Waals surface area contributed by atoms with E-state index in [4.69, 9.17) is 23.2 Å². The van der Waals surface area contributed by atoms with Gasteiger partial charge in [-0.15, -0.1) is 0 Å². The number of rotatable bonds is 9. The van der Waals surface area contributed by atoms with Gasteiger partial charge < -0.3 is 4.90 Å². The topological polar surface area (TPSA) is 69.7 Å². The summed E-state index contributed by atoms with van der Waals surface area (Å²) < 4.78 is 29.5. The molecule has 9 heteroatoms. The number of hydrogen-bond donors (Lipinski definition) is 1. The monoisotopic (exact) mass is 607 g/mol. The van der Waals surface area contributed by atoms with Gasteiger partial charge in [-0.2, -0.15) is 4.72 Å². The second kappa shape index (κ2) is 13.2. The number of carbonyl (C=O) groups is 1. The molecule has 4 aromatic rings. The van der Waals surface area contributed by atoms with Crippen LogP contribution in [-0.2, 0) is 21.2 Å². The van der Waals surface area contributed by atoms with Gasteiger partial charge in [-0.25, -0.2) is 8.42 Å². The second-order valence-corrected chi connectivity index (χ2v) is 12.5. The normalized spacial score (nSPS) is 15.1. The molecule has 212 valence electrons. The molecule has 6 nitrogen and oxygen atoms in total. The van der Waals surface area contributed by atoms with E-state index in [2.05, 4.69) is 33.9 Å². The van der Waals surface area contributed by atoms with E-state index in [-0.39, 0.29) is 33.3 Å². The number of carbonyl (C=O) groups excluding carboxylic acids is 1. The van der Waals surface area contributed by atoms with Crippen molar-refractivity contribution in [3.63, 3.8) is 0 Å². The fourth-order valence-electron chi connectivity index (χ4n) is 5.27. The summed E-state index contributed by atoms with van der Waals surface area (Å²) in [4.78, 5) is 17.9. The van der Waals surface area contributed by atoms with Gasteiger partial charge in [-0.1, -0.05) is 114 Å². The molecule has 1 heterocycles. The highest BCUT2D eigenvalue weighted by molar-refractivity contribution is 7.89. The molecule has 1 aliphatic heterocycles. The third kappa shape index (κ3) is 7.18. The average Bonchev–Trinajstić information content (AvgIpc) is 3.00. The molecule has 0 spiro atoms. The first kappa shape index (κ1) is 29.3. The van der Waals surface area contributed by atoms with Crippen LogP contribution in [0.1, 0.15) is 22.7 Å². The molecule has 1 aliphatic rings. The van der Waals surface area contributed by atoms with Gasteiger partial charge in [0.15, 0.2) is 0 Å². The Kier molecular flexibility index (Phi) is 9.42. The van der Waals surface area contributed by atoms with Crippen molar-refractivity contribution in [2.75, 3.05) is 26.2 Å². The molecule has 1 N–H and O–H groups in total. The first-order chi connectivity index (χ1) is 19.8. The van der Waals surface area contributed by atoms with Crippen LogP contribution in [0.25, 0.3) is 0 Å². The van der Waals surface area contributed by atoms with E-state index >= 15 is 0 Å². The number of hydrogen-bond acceptors (Lipinski definition) is 4.